The van der Waals surface area contributed by atoms with Crippen LogP contribution in [0.15, 0.2) is 29.2 Å². The summed E-state index contributed by atoms with van der Waals surface area (Å²) in [6.07, 6.45) is 4.75. The first kappa shape index (κ1) is 25.7. The quantitative estimate of drug-likeness (QED) is 0.576. The first-order valence-corrected chi connectivity index (χ1v) is 13.9. The van der Waals surface area contributed by atoms with Gasteiger partial charge in [0.2, 0.25) is 21.8 Å². The van der Waals surface area contributed by atoms with Gasteiger partial charge in [-0.25, -0.2) is 8.42 Å². The van der Waals surface area contributed by atoms with E-state index in [9.17, 15) is 18.0 Å². The number of amides is 2. The summed E-state index contributed by atoms with van der Waals surface area (Å²) < 4.78 is 26.7. The van der Waals surface area contributed by atoms with Gasteiger partial charge in [-0.1, -0.05) is 32.9 Å². The van der Waals surface area contributed by atoms with E-state index in [0.717, 1.165) is 37.9 Å². The van der Waals surface area contributed by atoms with Gasteiger partial charge in [0, 0.05) is 51.6 Å². The minimum Gasteiger partial charge on any atom is -0.343 e. The van der Waals surface area contributed by atoms with E-state index < -0.39 is 10.0 Å². The fraction of sp³-hybridized carbons (Fsp3) is 0.680. The summed E-state index contributed by atoms with van der Waals surface area (Å²) in [6.45, 7) is 9.76. The highest BCUT2D eigenvalue weighted by Gasteiger charge is 2.31. The van der Waals surface area contributed by atoms with E-state index in [4.69, 9.17) is 0 Å². The Morgan fingerprint density at radius 1 is 0.970 bits per heavy atom. The highest BCUT2D eigenvalue weighted by atomic mass is 32.2. The molecule has 1 aromatic carbocycles. The molecule has 1 unspecified atom stereocenters. The molecule has 2 aliphatic heterocycles. The summed E-state index contributed by atoms with van der Waals surface area (Å²) in [7, 11) is -3.46. The molecule has 2 aliphatic rings. The maximum Gasteiger partial charge on any atom is 0.243 e. The number of piperidine rings is 2. The summed E-state index contributed by atoms with van der Waals surface area (Å²) in [4.78, 5) is 29.7. The van der Waals surface area contributed by atoms with Crippen molar-refractivity contribution in [3.05, 3.63) is 29.8 Å². The zero-order valence-electron chi connectivity index (χ0n) is 20.3. The van der Waals surface area contributed by atoms with E-state index in [0.29, 0.717) is 44.9 Å². The summed E-state index contributed by atoms with van der Waals surface area (Å²) in [5.41, 5.74) is 0.950. The summed E-state index contributed by atoms with van der Waals surface area (Å²) >= 11 is 0. The van der Waals surface area contributed by atoms with Gasteiger partial charge < -0.3 is 9.80 Å². The number of carbonyl (C=O) groups is 2. The smallest absolute Gasteiger partial charge is 0.243 e. The number of aryl methyl sites for hydroxylation is 1. The van der Waals surface area contributed by atoms with E-state index in [-0.39, 0.29) is 22.6 Å². The number of rotatable bonds is 8. The van der Waals surface area contributed by atoms with Gasteiger partial charge in [0.05, 0.1) is 4.90 Å². The van der Waals surface area contributed by atoms with Crippen molar-refractivity contribution < 1.29 is 18.0 Å². The molecule has 0 bridgehead atoms. The third-order valence-corrected chi connectivity index (χ3v) is 9.12. The first-order valence-electron chi connectivity index (χ1n) is 12.4. The summed E-state index contributed by atoms with van der Waals surface area (Å²) in [5.74, 6) is 0.996. The zero-order chi connectivity index (χ0) is 24.0. The molecule has 7 nitrogen and oxygen atoms in total. The average molecular weight is 478 g/mol. The van der Waals surface area contributed by atoms with E-state index in [1.54, 1.807) is 24.3 Å². The van der Waals surface area contributed by atoms with Crippen LogP contribution in [0.1, 0.15) is 58.4 Å². The van der Waals surface area contributed by atoms with E-state index >= 15 is 0 Å². The first-order chi connectivity index (χ1) is 15.8. The molecule has 2 amide bonds. The SMILES string of the molecule is CCN(CC)S(=O)(=O)c1ccc(CCC(=O)N2CCC(C(=O)N3CCCC(C)C3)CC2)cc1. The highest BCUT2D eigenvalue weighted by molar-refractivity contribution is 7.89. The fourth-order valence-electron chi connectivity index (χ4n) is 4.97. The van der Waals surface area contributed by atoms with Gasteiger partial charge in [-0.3, -0.25) is 9.59 Å². The molecule has 1 atom stereocenters. The second kappa shape index (κ2) is 11.5. The molecule has 1 aromatic rings. The van der Waals surface area contributed by atoms with Crippen LogP contribution in [-0.2, 0) is 26.0 Å². The van der Waals surface area contributed by atoms with Gasteiger partial charge in [0.25, 0.3) is 0 Å². The van der Waals surface area contributed by atoms with Crippen LogP contribution in [0.2, 0.25) is 0 Å². The van der Waals surface area contributed by atoms with Crippen LogP contribution in [0.5, 0.6) is 0 Å². The van der Waals surface area contributed by atoms with Gasteiger partial charge >= 0.3 is 0 Å². The Labute approximate surface area is 199 Å². The van der Waals surface area contributed by atoms with Crippen LogP contribution >= 0.6 is 0 Å². The van der Waals surface area contributed by atoms with E-state index in [1.165, 1.54) is 10.7 Å². The Morgan fingerprint density at radius 2 is 1.61 bits per heavy atom. The molecule has 2 heterocycles. The number of hydrogen-bond donors (Lipinski definition) is 0. The topological polar surface area (TPSA) is 78.0 Å². The Bertz CT molecular complexity index is 904. The van der Waals surface area contributed by atoms with Crippen molar-refractivity contribution in [2.45, 2.75) is 64.2 Å². The minimum absolute atomic E-state index is 0.0413. The molecule has 184 valence electrons. The molecule has 0 aromatic heterocycles. The summed E-state index contributed by atoms with van der Waals surface area (Å²) in [5, 5.41) is 0. The lowest BCUT2D eigenvalue weighted by Crippen LogP contribution is -2.47. The van der Waals surface area contributed by atoms with Crippen molar-refractivity contribution >= 4 is 21.8 Å². The zero-order valence-corrected chi connectivity index (χ0v) is 21.1. The Hall–Kier alpha value is -1.93. The Kier molecular flexibility index (Phi) is 8.93. The van der Waals surface area contributed by atoms with Gasteiger partial charge in [-0.2, -0.15) is 4.31 Å². The fourth-order valence-corrected chi connectivity index (χ4v) is 6.43. The predicted molar refractivity (Wildman–Crippen MR) is 129 cm³/mol. The van der Waals surface area contributed by atoms with Crippen molar-refractivity contribution in [1.82, 2.24) is 14.1 Å². The van der Waals surface area contributed by atoms with Crippen molar-refractivity contribution in [2.24, 2.45) is 11.8 Å². The number of carbonyl (C=O) groups excluding carboxylic acids is 2. The number of hydrogen-bond acceptors (Lipinski definition) is 4. The van der Waals surface area contributed by atoms with E-state index in [2.05, 4.69) is 6.92 Å². The molecule has 0 spiro atoms. The molecule has 33 heavy (non-hydrogen) atoms. The predicted octanol–water partition coefficient (Wildman–Crippen LogP) is 3.15. The van der Waals surface area contributed by atoms with Crippen LogP contribution in [0.3, 0.4) is 0 Å². The van der Waals surface area contributed by atoms with Crippen LogP contribution in [-0.4, -0.2) is 73.6 Å². The molecule has 3 rings (SSSR count). The second-order valence-corrected chi connectivity index (χ2v) is 11.4. The van der Waals surface area contributed by atoms with Crippen molar-refractivity contribution in [2.75, 3.05) is 39.3 Å². The van der Waals surface area contributed by atoms with Gasteiger partial charge in [-0.15, -0.1) is 0 Å². The number of likely N-dealkylation sites (tertiary alicyclic amines) is 2. The lowest BCUT2D eigenvalue weighted by Gasteiger charge is -2.37. The van der Waals surface area contributed by atoms with E-state index in [1.807, 2.05) is 23.6 Å². The number of sulfonamides is 1. The van der Waals surface area contributed by atoms with Crippen LogP contribution < -0.4 is 0 Å². The van der Waals surface area contributed by atoms with Crippen LogP contribution in [0, 0.1) is 11.8 Å². The Morgan fingerprint density at radius 3 is 2.18 bits per heavy atom. The number of nitrogens with zero attached hydrogens (tertiary/aromatic N) is 3. The van der Waals surface area contributed by atoms with Crippen LogP contribution in [0.25, 0.3) is 0 Å². The molecule has 0 N–H and O–H groups in total. The average Bonchev–Trinajstić information content (AvgIpc) is 2.83. The molecule has 2 fully saturated rings. The highest BCUT2D eigenvalue weighted by Crippen LogP contribution is 2.24. The largest absolute Gasteiger partial charge is 0.343 e. The number of benzene rings is 1. The molecule has 0 radical (unpaired) electrons. The molecular formula is C25H39N3O4S. The third-order valence-electron chi connectivity index (χ3n) is 7.06. The Balaban J connectivity index is 1.46. The van der Waals surface area contributed by atoms with Gasteiger partial charge in [0.15, 0.2) is 0 Å². The molecule has 0 saturated carbocycles. The van der Waals surface area contributed by atoms with Crippen LogP contribution in [0.4, 0.5) is 0 Å². The maximum atomic E-state index is 12.8. The lowest BCUT2D eigenvalue weighted by atomic mass is 9.92. The minimum atomic E-state index is -3.46. The van der Waals surface area contributed by atoms with Gasteiger partial charge in [-0.05, 0) is 55.7 Å². The lowest BCUT2D eigenvalue weighted by molar-refractivity contribution is -0.142. The molecule has 8 heteroatoms. The molecular weight excluding hydrogens is 438 g/mol. The standard InChI is InChI=1S/C25H39N3O4S/c1-4-28(5-2)33(31,32)23-11-8-21(9-12-23)10-13-24(29)26-17-14-22(15-18-26)25(30)27-16-6-7-20(3)19-27/h8-9,11-12,20,22H,4-7,10,13-19H2,1-3H3. The summed E-state index contributed by atoms with van der Waals surface area (Å²) in [6, 6.07) is 6.86. The van der Waals surface area contributed by atoms with Gasteiger partial charge in [0.1, 0.15) is 0 Å². The van der Waals surface area contributed by atoms with Crippen molar-refractivity contribution in [3.8, 4) is 0 Å². The monoisotopic (exact) mass is 477 g/mol. The molecule has 2 saturated heterocycles. The molecule has 0 aliphatic carbocycles. The maximum absolute atomic E-state index is 12.8. The third kappa shape index (κ3) is 6.35. The van der Waals surface area contributed by atoms with Crippen molar-refractivity contribution in [3.63, 3.8) is 0 Å². The normalized spacial score (nSPS) is 20.3. The second-order valence-electron chi connectivity index (χ2n) is 9.42. The van der Waals surface area contributed by atoms with Crippen molar-refractivity contribution in [1.29, 1.82) is 0 Å².